The molecule has 2 N–H and O–H groups in total. The molecule has 0 unspecified atom stereocenters. The largest absolute Gasteiger partial charge is 0.343 e. The number of carbonyl (C=O) groups is 2. The van der Waals surface area contributed by atoms with Crippen LogP contribution in [0.4, 0.5) is 5.69 Å². The minimum absolute atomic E-state index is 0.118. The Morgan fingerprint density at radius 1 is 1.10 bits per heavy atom. The fraction of sp³-hybridized carbons (Fsp3) is 0.0667. The lowest BCUT2D eigenvalue weighted by Gasteiger charge is -2.08. The predicted molar refractivity (Wildman–Crippen MR) is 86.6 cm³/mol. The summed E-state index contributed by atoms with van der Waals surface area (Å²) in [6.45, 7) is -0.118. The minimum Gasteiger partial charge on any atom is -0.343 e. The molecule has 0 saturated carbocycles. The van der Waals surface area contributed by atoms with Crippen molar-refractivity contribution >= 4 is 45.0 Å². The van der Waals surface area contributed by atoms with E-state index in [1.165, 1.54) is 0 Å². The van der Waals surface area contributed by atoms with E-state index in [0.717, 1.165) is 0 Å². The summed E-state index contributed by atoms with van der Waals surface area (Å²) in [4.78, 5) is 23.7. The number of hydrogen-bond donors (Lipinski definition) is 2. The highest BCUT2D eigenvalue weighted by Gasteiger charge is 2.10. The molecule has 0 saturated heterocycles. The van der Waals surface area contributed by atoms with Crippen molar-refractivity contribution in [3.8, 4) is 0 Å². The molecule has 6 heteroatoms. The molecular weight excluding hydrogens is 356 g/mol. The zero-order valence-electron chi connectivity index (χ0n) is 10.9. The first-order valence-electron chi connectivity index (χ1n) is 6.14. The van der Waals surface area contributed by atoms with Gasteiger partial charge in [0, 0.05) is 15.2 Å². The molecule has 0 atom stereocenters. The highest BCUT2D eigenvalue weighted by molar-refractivity contribution is 9.10. The van der Waals surface area contributed by atoms with E-state index >= 15 is 0 Å². The zero-order valence-corrected chi connectivity index (χ0v) is 13.2. The summed E-state index contributed by atoms with van der Waals surface area (Å²) in [5, 5.41) is 5.75. The Balaban J connectivity index is 1.90. The number of amides is 2. The summed E-state index contributed by atoms with van der Waals surface area (Å²) in [7, 11) is 0. The molecule has 0 heterocycles. The average molecular weight is 368 g/mol. The van der Waals surface area contributed by atoms with Gasteiger partial charge in [-0.25, -0.2) is 0 Å². The van der Waals surface area contributed by atoms with Crippen LogP contribution in [0.2, 0.25) is 5.02 Å². The van der Waals surface area contributed by atoms with Gasteiger partial charge in [0.15, 0.2) is 0 Å². The van der Waals surface area contributed by atoms with Crippen molar-refractivity contribution in [2.24, 2.45) is 0 Å². The molecule has 21 heavy (non-hydrogen) atoms. The molecule has 2 aromatic carbocycles. The first kappa shape index (κ1) is 15.5. The van der Waals surface area contributed by atoms with Crippen molar-refractivity contribution in [3.05, 3.63) is 63.6 Å². The lowest BCUT2D eigenvalue weighted by atomic mass is 10.2. The van der Waals surface area contributed by atoms with Gasteiger partial charge in [-0.3, -0.25) is 9.59 Å². The van der Waals surface area contributed by atoms with Crippen molar-refractivity contribution in [2.75, 3.05) is 11.9 Å². The van der Waals surface area contributed by atoms with Crippen LogP contribution < -0.4 is 10.6 Å². The van der Waals surface area contributed by atoms with Gasteiger partial charge in [0.2, 0.25) is 5.91 Å². The molecule has 0 radical (unpaired) electrons. The molecule has 108 valence electrons. The van der Waals surface area contributed by atoms with Crippen molar-refractivity contribution < 1.29 is 9.59 Å². The molecule has 0 bridgehead atoms. The van der Waals surface area contributed by atoms with E-state index in [4.69, 9.17) is 11.6 Å². The zero-order chi connectivity index (χ0) is 15.2. The Morgan fingerprint density at radius 2 is 1.86 bits per heavy atom. The van der Waals surface area contributed by atoms with E-state index in [1.54, 1.807) is 42.5 Å². The summed E-state index contributed by atoms with van der Waals surface area (Å²) in [6, 6.07) is 13.8. The van der Waals surface area contributed by atoms with Crippen LogP contribution in [-0.4, -0.2) is 18.4 Å². The number of halogens is 2. The van der Waals surface area contributed by atoms with Crippen LogP contribution in [0.3, 0.4) is 0 Å². The number of anilines is 1. The highest BCUT2D eigenvalue weighted by Crippen LogP contribution is 2.16. The Kier molecular flexibility index (Phi) is 5.36. The molecule has 4 nitrogen and oxygen atoms in total. The average Bonchev–Trinajstić information content (AvgIpc) is 2.45. The molecule has 2 rings (SSSR count). The molecule has 0 aliphatic carbocycles. The summed E-state index contributed by atoms with van der Waals surface area (Å²) in [6.07, 6.45) is 0. The van der Waals surface area contributed by atoms with E-state index in [2.05, 4.69) is 26.6 Å². The Hall–Kier alpha value is -1.85. The van der Waals surface area contributed by atoms with Gasteiger partial charge in [0.05, 0.1) is 12.1 Å². The summed E-state index contributed by atoms with van der Waals surface area (Å²) in [5.41, 5.74) is 1.07. The molecule has 0 fully saturated rings. The summed E-state index contributed by atoms with van der Waals surface area (Å²) in [5.74, 6) is -0.638. The van der Waals surface area contributed by atoms with Crippen molar-refractivity contribution in [1.29, 1.82) is 0 Å². The summed E-state index contributed by atoms with van der Waals surface area (Å²) >= 11 is 9.12. The second kappa shape index (κ2) is 7.24. The van der Waals surface area contributed by atoms with Crippen LogP contribution in [0.5, 0.6) is 0 Å². The topological polar surface area (TPSA) is 58.2 Å². The maximum absolute atomic E-state index is 11.9. The van der Waals surface area contributed by atoms with Crippen LogP contribution in [0.15, 0.2) is 53.0 Å². The molecule has 0 aliphatic rings. The number of benzene rings is 2. The number of carbonyl (C=O) groups excluding carboxylic acids is 2. The molecule has 0 aromatic heterocycles. The number of hydrogen-bond acceptors (Lipinski definition) is 2. The van der Waals surface area contributed by atoms with Crippen LogP contribution in [0, 0.1) is 0 Å². The fourth-order valence-corrected chi connectivity index (χ4v) is 2.33. The lowest BCUT2D eigenvalue weighted by molar-refractivity contribution is -0.115. The molecule has 0 spiro atoms. The second-order valence-corrected chi connectivity index (χ2v) is 5.51. The monoisotopic (exact) mass is 366 g/mol. The van der Waals surface area contributed by atoms with E-state index in [0.29, 0.717) is 20.7 Å². The van der Waals surface area contributed by atoms with Crippen LogP contribution in [-0.2, 0) is 4.79 Å². The molecule has 2 amide bonds. The fourth-order valence-electron chi connectivity index (χ4n) is 1.67. The first-order chi connectivity index (χ1) is 10.1. The Bertz CT molecular complexity index is 676. The Morgan fingerprint density at radius 3 is 2.57 bits per heavy atom. The normalized spacial score (nSPS) is 10.0. The molecule has 0 aliphatic heterocycles. The van der Waals surface area contributed by atoms with Gasteiger partial charge in [-0.15, -0.1) is 0 Å². The van der Waals surface area contributed by atoms with Crippen molar-refractivity contribution in [2.45, 2.75) is 0 Å². The van der Waals surface area contributed by atoms with E-state index in [-0.39, 0.29) is 18.4 Å². The maximum Gasteiger partial charge on any atom is 0.252 e. The quantitative estimate of drug-likeness (QED) is 0.869. The summed E-state index contributed by atoms with van der Waals surface area (Å²) < 4.78 is 0.678. The maximum atomic E-state index is 11.9. The van der Waals surface area contributed by atoms with Gasteiger partial charge in [0.1, 0.15) is 0 Å². The number of nitrogens with one attached hydrogen (secondary N) is 2. The van der Waals surface area contributed by atoms with Crippen molar-refractivity contribution in [3.63, 3.8) is 0 Å². The van der Waals surface area contributed by atoms with Gasteiger partial charge in [-0.05, 0) is 46.3 Å². The molecular formula is C15H12BrClN2O2. The van der Waals surface area contributed by atoms with Crippen LogP contribution >= 0.6 is 27.5 Å². The molecule has 2 aromatic rings. The van der Waals surface area contributed by atoms with Crippen LogP contribution in [0.25, 0.3) is 0 Å². The minimum atomic E-state index is -0.322. The first-order valence-corrected chi connectivity index (χ1v) is 7.31. The predicted octanol–water partition coefficient (Wildman–Crippen LogP) is 3.47. The second-order valence-electron chi connectivity index (χ2n) is 4.22. The third-order valence-corrected chi connectivity index (χ3v) is 3.56. The van der Waals surface area contributed by atoms with Crippen molar-refractivity contribution in [1.82, 2.24) is 5.32 Å². The third kappa shape index (κ3) is 4.58. The van der Waals surface area contributed by atoms with Gasteiger partial charge in [-0.2, -0.15) is 0 Å². The van der Waals surface area contributed by atoms with E-state index in [9.17, 15) is 9.59 Å². The SMILES string of the molecule is O=C(CNC(=O)c1ccccc1Br)Nc1cccc(Cl)c1. The van der Waals surface area contributed by atoms with Gasteiger partial charge in [-0.1, -0.05) is 29.8 Å². The Labute approximate surface area is 135 Å². The lowest BCUT2D eigenvalue weighted by Crippen LogP contribution is -2.33. The van der Waals surface area contributed by atoms with Gasteiger partial charge >= 0.3 is 0 Å². The van der Waals surface area contributed by atoms with E-state index in [1.807, 2.05) is 6.07 Å². The smallest absolute Gasteiger partial charge is 0.252 e. The van der Waals surface area contributed by atoms with Gasteiger partial charge in [0.25, 0.3) is 5.91 Å². The van der Waals surface area contributed by atoms with Gasteiger partial charge < -0.3 is 10.6 Å². The third-order valence-electron chi connectivity index (χ3n) is 2.64. The standard InChI is InChI=1S/C15H12BrClN2O2/c16-13-7-2-1-6-12(13)15(21)18-9-14(20)19-11-5-3-4-10(17)8-11/h1-8H,9H2,(H,18,21)(H,19,20). The van der Waals surface area contributed by atoms with Crippen LogP contribution in [0.1, 0.15) is 10.4 Å². The van der Waals surface area contributed by atoms with E-state index < -0.39 is 0 Å². The highest BCUT2D eigenvalue weighted by atomic mass is 79.9. The number of rotatable bonds is 4.